The first-order valence-electron chi connectivity index (χ1n) is 9.08. The number of hydrogen-bond acceptors (Lipinski definition) is 7. The second-order valence-electron chi connectivity index (χ2n) is 6.63. The molecule has 0 aliphatic rings. The maximum atomic E-state index is 13.2. The van der Waals surface area contributed by atoms with Gasteiger partial charge in [0, 0.05) is 5.75 Å². The standard InChI is InChI=1S/C19H16ClF3N4O3S3/c1-33(29,30)27(13-7-8-15(20)14(9-13)19(21,22)23)10-16(28)24-17-25-26-18(32-17)31-11-12-5-3-2-4-6-12/h2-9H,10-11H2,1H3,(H,24,25,28). The molecule has 3 aromatic rings. The average Bonchev–Trinajstić information content (AvgIpc) is 3.17. The van der Waals surface area contributed by atoms with Crippen molar-refractivity contribution in [2.24, 2.45) is 0 Å². The van der Waals surface area contributed by atoms with Gasteiger partial charge in [-0.3, -0.25) is 14.4 Å². The van der Waals surface area contributed by atoms with Crippen LogP contribution in [-0.4, -0.2) is 37.3 Å². The molecule has 0 atom stereocenters. The molecule has 0 saturated heterocycles. The van der Waals surface area contributed by atoms with E-state index in [1.807, 2.05) is 30.3 Å². The lowest BCUT2D eigenvalue weighted by Crippen LogP contribution is -2.37. The Morgan fingerprint density at radius 2 is 1.88 bits per heavy atom. The summed E-state index contributed by atoms with van der Waals surface area (Å²) < 4.78 is 65.0. The first-order valence-corrected chi connectivity index (χ1v) is 13.1. The number of carbonyl (C=O) groups is 1. The van der Waals surface area contributed by atoms with Gasteiger partial charge >= 0.3 is 6.18 Å². The van der Waals surface area contributed by atoms with Crippen LogP contribution in [0.1, 0.15) is 11.1 Å². The number of thioether (sulfide) groups is 1. The molecule has 176 valence electrons. The number of halogens is 4. The normalized spacial score (nSPS) is 11.9. The Morgan fingerprint density at radius 1 is 1.18 bits per heavy atom. The minimum Gasteiger partial charge on any atom is -0.299 e. The smallest absolute Gasteiger partial charge is 0.299 e. The monoisotopic (exact) mass is 536 g/mol. The first-order chi connectivity index (χ1) is 15.4. The molecule has 1 N–H and O–H groups in total. The lowest BCUT2D eigenvalue weighted by molar-refractivity contribution is -0.137. The van der Waals surface area contributed by atoms with E-state index in [4.69, 9.17) is 11.6 Å². The van der Waals surface area contributed by atoms with Gasteiger partial charge in [0.25, 0.3) is 0 Å². The fourth-order valence-corrected chi connectivity index (χ4v) is 5.41. The van der Waals surface area contributed by atoms with Crippen LogP contribution < -0.4 is 9.62 Å². The summed E-state index contributed by atoms with van der Waals surface area (Å²) in [5.74, 6) is -0.150. The molecular formula is C19H16ClF3N4O3S3. The highest BCUT2D eigenvalue weighted by molar-refractivity contribution is 8.00. The molecule has 7 nitrogen and oxygen atoms in total. The number of sulfonamides is 1. The zero-order valence-corrected chi connectivity index (χ0v) is 20.0. The molecule has 33 heavy (non-hydrogen) atoms. The topological polar surface area (TPSA) is 92.3 Å². The molecule has 1 heterocycles. The van der Waals surface area contributed by atoms with Gasteiger partial charge in [-0.15, -0.1) is 10.2 Å². The van der Waals surface area contributed by atoms with Gasteiger partial charge in [0.05, 0.1) is 22.5 Å². The Kier molecular flexibility index (Phi) is 7.88. The van der Waals surface area contributed by atoms with Gasteiger partial charge in [-0.2, -0.15) is 13.2 Å². The number of nitrogens with zero attached hydrogens (tertiary/aromatic N) is 3. The van der Waals surface area contributed by atoms with Crippen LogP contribution in [0.3, 0.4) is 0 Å². The maximum Gasteiger partial charge on any atom is 0.417 e. The van der Waals surface area contributed by atoms with Crippen molar-refractivity contribution in [2.75, 3.05) is 22.4 Å². The lowest BCUT2D eigenvalue weighted by Gasteiger charge is -2.23. The predicted molar refractivity (Wildman–Crippen MR) is 123 cm³/mol. The Morgan fingerprint density at radius 3 is 2.52 bits per heavy atom. The number of benzene rings is 2. The minimum atomic E-state index is -4.79. The largest absolute Gasteiger partial charge is 0.417 e. The highest BCUT2D eigenvalue weighted by atomic mass is 35.5. The van der Waals surface area contributed by atoms with Crippen LogP contribution >= 0.6 is 34.7 Å². The molecule has 3 rings (SSSR count). The Hall–Kier alpha value is -2.35. The van der Waals surface area contributed by atoms with Crippen LogP contribution in [0.25, 0.3) is 0 Å². The molecule has 0 spiro atoms. The molecule has 0 aliphatic heterocycles. The zero-order valence-electron chi connectivity index (χ0n) is 16.8. The van der Waals surface area contributed by atoms with Gasteiger partial charge in [-0.05, 0) is 23.8 Å². The summed E-state index contributed by atoms with van der Waals surface area (Å²) in [6.07, 6.45) is -4.01. The second-order valence-corrected chi connectivity index (χ2v) is 11.1. The highest BCUT2D eigenvalue weighted by Gasteiger charge is 2.34. The van der Waals surface area contributed by atoms with Gasteiger partial charge in [0.15, 0.2) is 4.34 Å². The summed E-state index contributed by atoms with van der Waals surface area (Å²) in [6, 6.07) is 12.2. The van der Waals surface area contributed by atoms with Crippen molar-refractivity contribution >= 4 is 61.4 Å². The summed E-state index contributed by atoms with van der Waals surface area (Å²) in [7, 11) is -4.09. The number of alkyl halides is 3. The number of aromatic nitrogens is 2. The van der Waals surface area contributed by atoms with Gasteiger partial charge in [0.2, 0.25) is 21.1 Å². The van der Waals surface area contributed by atoms with Crippen LogP contribution in [0.5, 0.6) is 0 Å². The van der Waals surface area contributed by atoms with E-state index in [9.17, 15) is 26.4 Å². The quantitative estimate of drug-likeness (QED) is 0.325. The van der Waals surface area contributed by atoms with E-state index in [0.29, 0.717) is 20.5 Å². The maximum absolute atomic E-state index is 13.2. The average molecular weight is 537 g/mol. The number of hydrogen-bond donors (Lipinski definition) is 1. The molecule has 1 aromatic heterocycles. The molecule has 2 aromatic carbocycles. The zero-order chi connectivity index (χ0) is 24.2. The van der Waals surface area contributed by atoms with Crippen molar-refractivity contribution < 1.29 is 26.4 Å². The summed E-state index contributed by atoms with van der Waals surface area (Å²) >= 11 is 8.10. The third kappa shape index (κ3) is 7.06. The predicted octanol–water partition coefficient (Wildman–Crippen LogP) is 4.91. The van der Waals surface area contributed by atoms with Gasteiger partial charge in [-0.1, -0.05) is 65.0 Å². The number of carbonyl (C=O) groups excluding carboxylic acids is 1. The van der Waals surface area contributed by atoms with Crippen molar-refractivity contribution in [3.63, 3.8) is 0 Å². The first kappa shape index (κ1) is 25.3. The van der Waals surface area contributed by atoms with Crippen molar-refractivity contribution in [3.05, 3.63) is 64.7 Å². The molecule has 0 unspecified atom stereocenters. The van der Waals surface area contributed by atoms with E-state index in [2.05, 4.69) is 15.5 Å². The number of anilines is 2. The van der Waals surface area contributed by atoms with Crippen LogP contribution in [0, 0.1) is 0 Å². The van der Waals surface area contributed by atoms with E-state index in [1.165, 1.54) is 11.8 Å². The van der Waals surface area contributed by atoms with Crippen molar-refractivity contribution in [3.8, 4) is 0 Å². The molecular weight excluding hydrogens is 521 g/mol. The summed E-state index contributed by atoms with van der Waals surface area (Å²) in [4.78, 5) is 12.4. The fraction of sp³-hybridized carbons (Fsp3) is 0.211. The van der Waals surface area contributed by atoms with E-state index in [0.717, 1.165) is 35.3 Å². The van der Waals surface area contributed by atoms with Crippen molar-refractivity contribution in [1.29, 1.82) is 0 Å². The minimum absolute atomic E-state index is 0.135. The molecule has 0 fully saturated rings. The van der Waals surface area contributed by atoms with Gasteiger partial charge in [0.1, 0.15) is 6.54 Å². The SMILES string of the molecule is CS(=O)(=O)N(CC(=O)Nc1nnc(SCc2ccccc2)s1)c1ccc(Cl)c(C(F)(F)F)c1. The third-order valence-corrected chi connectivity index (χ3v) is 7.60. The number of nitrogens with one attached hydrogen (secondary N) is 1. The summed E-state index contributed by atoms with van der Waals surface area (Å²) in [5.41, 5.74) is -0.478. The molecule has 0 aliphatic carbocycles. The summed E-state index contributed by atoms with van der Waals surface area (Å²) in [6.45, 7) is -0.760. The van der Waals surface area contributed by atoms with E-state index in [1.54, 1.807) is 0 Å². The Labute approximate surface area is 201 Å². The second kappa shape index (κ2) is 10.3. The third-order valence-electron chi connectivity index (χ3n) is 4.09. The Bertz CT molecular complexity index is 1240. The van der Waals surface area contributed by atoms with Crippen molar-refractivity contribution in [2.45, 2.75) is 16.3 Å². The fourth-order valence-electron chi connectivity index (χ4n) is 2.61. The lowest BCUT2D eigenvalue weighted by atomic mass is 10.2. The highest BCUT2D eigenvalue weighted by Crippen LogP contribution is 2.37. The van der Waals surface area contributed by atoms with E-state index >= 15 is 0 Å². The van der Waals surface area contributed by atoms with Gasteiger partial charge in [-0.25, -0.2) is 8.42 Å². The molecule has 0 bridgehead atoms. The number of rotatable bonds is 8. The molecule has 14 heteroatoms. The van der Waals surface area contributed by atoms with Crippen LogP contribution in [0.4, 0.5) is 24.0 Å². The molecule has 0 radical (unpaired) electrons. The van der Waals surface area contributed by atoms with Crippen LogP contribution in [0.2, 0.25) is 5.02 Å². The van der Waals surface area contributed by atoms with E-state index < -0.39 is 39.2 Å². The van der Waals surface area contributed by atoms with Crippen molar-refractivity contribution in [1.82, 2.24) is 10.2 Å². The summed E-state index contributed by atoms with van der Waals surface area (Å²) in [5, 5.41) is 9.79. The molecule has 1 amide bonds. The number of amides is 1. The van der Waals surface area contributed by atoms with Crippen LogP contribution in [-0.2, 0) is 26.7 Å². The van der Waals surface area contributed by atoms with Crippen LogP contribution in [0.15, 0.2) is 52.9 Å². The van der Waals surface area contributed by atoms with E-state index in [-0.39, 0.29) is 10.8 Å². The van der Waals surface area contributed by atoms with Gasteiger partial charge < -0.3 is 0 Å². The Balaban J connectivity index is 1.70. The molecule has 0 saturated carbocycles.